The molecule has 1 fully saturated rings. The van der Waals surface area contributed by atoms with Crippen LogP contribution in [0.1, 0.15) is 52.4 Å². The second-order valence-corrected chi connectivity index (χ2v) is 6.12. The quantitative estimate of drug-likeness (QED) is 0.681. The molecule has 2 heteroatoms. The van der Waals surface area contributed by atoms with Crippen LogP contribution in [0, 0.1) is 5.92 Å². The molecule has 0 saturated carbocycles. The molecule has 2 atom stereocenters. The normalized spacial score (nSPS) is 23.2. The van der Waals surface area contributed by atoms with Crippen molar-refractivity contribution in [3.63, 3.8) is 0 Å². The first kappa shape index (κ1) is 13.4. The largest absolute Gasteiger partial charge is 0.315 e. The lowest BCUT2D eigenvalue weighted by Crippen LogP contribution is -2.28. The van der Waals surface area contributed by atoms with Gasteiger partial charge in [0.05, 0.1) is 0 Å². The van der Waals surface area contributed by atoms with E-state index in [0.29, 0.717) is 0 Å². The van der Waals surface area contributed by atoms with Crippen LogP contribution in [0.3, 0.4) is 0 Å². The highest BCUT2D eigenvalue weighted by atomic mass is 32.2. The van der Waals surface area contributed by atoms with E-state index in [9.17, 15) is 0 Å². The van der Waals surface area contributed by atoms with Crippen LogP contribution in [-0.2, 0) is 0 Å². The molecule has 0 amide bonds. The summed E-state index contributed by atoms with van der Waals surface area (Å²) in [6.45, 7) is 7.10. The Hall–Kier alpha value is 0.310. The van der Waals surface area contributed by atoms with Crippen molar-refractivity contribution in [1.82, 2.24) is 5.32 Å². The summed E-state index contributed by atoms with van der Waals surface area (Å²) in [4.78, 5) is 0. The summed E-state index contributed by atoms with van der Waals surface area (Å²) in [6.07, 6.45) is 8.36. The van der Waals surface area contributed by atoms with Gasteiger partial charge in [0.2, 0.25) is 0 Å². The summed E-state index contributed by atoms with van der Waals surface area (Å²) in [7, 11) is 0. The van der Waals surface area contributed by atoms with Crippen LogP contribution in [-0.4, -0.2) is 24.1 Å². The van der Waals surface area contributed by atoms with Gasteiger partial charge in [-0.25, -0.2) is 0 Å². The van der Waals surface area contributed by atoms with Gasteiger partial charge in [0.15, 0.2) is 0 Å². The van der Waals surface area contributed by atoms with Gasteiger partial charge in [-0.15, -0.1) is 0 Å². The summed E-state index contributed by atoms with van der Waals surface area (Å²) in [5.74, 6) is 2.30. The maximum atomic E-state index is 3.67. The van der Waals surface area contributed by atoms with Gasteiger partial charge in [0.25, 0.3) is 0 Å². The molecule has 0 spiro atoms. The number of hydrogen-bond acceptors (Lipinski definition) is 2. The molecule has 0 bridgehead atoms. The second kappa shape index (κ2) is 8.46. The predicted molar refractivity (Wildman–Crippen MR) is 71.7 cm³/mol. The maximum absolute atomic E-state index is 3.67. The molecule has 0 radical (unpaired) electrons. The van der Waals surface area contributed by atoms with Gasteiger partial charge in [-0.05, 0) is 37.5 Å². The van der Waals surface area contributed by atoms with E-state index in [-0.39, 0.29) is 0 Å². The topological polar surface area (TPSA) is 12.0 Å². The number of unbranched alkanes of at least 4 members (excludes halogenated alkanes) is 1. The van der Waals surface area contributed by atoms with Gasteiger partial charge in [-0.1, -0.05) is 33.1 Å². The van der Waals surface area contributed by atoms with Gasteiger partial charge in [0, 0.05) is 11.8 Å². The van der Waals surface area contributed by atoms with E-state index in [1.807, 2.05) is 0 Å². The first-order valence-electron chi connectivity index (χ1n) is 6.69. The van der Waals surface area contributed by atoms with Crippen molar-refractivity contribution in [2.24, 2.45) is 5.92 Å². The monoisotopic (exact) mass is 229 g/mol. The smallest absolute Gasteiger partial charge is 0.0172 e. The molecule has 2 unspecified atom stereocenters. The fourth-order valence-corrected chi connectivity index (χ4v) is 3.43. The minimum absolute atomic E-state index is 0.911. The molecule has 1 N–H and O–H groups in total. The van der Waals surface area contributed by atoms with E-state index < -0.39 is 0 Å². The summed E-state index contributed by atoms with van der Waals surface area (Å²) >= 11 is 2.16. The van der Waals surface area contributed by atoms with Crippen molar-refractivity contribution in [3.8, 4) is 0 Å². The first-order chi connectivity index (χ1) is 7.36. The predicted octanol–water partition coefficient (Wildman–Crippen LogP) is 3.69. The molecular weight excluding hydrogens is 202 g/mol. The molecule has 1 saturated heterocycles. The average molecular weight is 229 g/mol. The third kappa shape index (κ3) is 5.82. The Labute approximate surface area is 99.8 Å². The minimum Gasteiger partial charge on any atom is -0.315 e. The van der Waals surface area contributed by atoms with Crippen molar-refractivity contribution < 1.29 is 0 Å². The number of thioether (sulfide) groups is 1. The fraction of sp³-hybridized carbons (Fsp3) is 1.00. The van der Waals surface area contributed by atoms with E-state index in [4.69, 9.17) is 0 Å². The fourth-order valence-electron chi connectivity index (χ4n) is 2.20. The lowest BCUT2D eigenvalue weighted by atomic mass is 9.99. The molecule has 1 aliphatic rings. The Morgan fingerprint density at radius 1 is 1.40 bits per heavy atom. The summed E-state index contributed by atoms with van der Waals surface area (Å²) in [5.41, 5.74) is 0. The molecule has 1 aliphatic heterocycles. The first-order valence-corrected chi connectivity index (χ1v) is 7.74. The molecule has 1 rings (SSSR count). The lowest BCUT2D eigenvalue weighted by molar-refractivity contribution is 0.419. The Morgan fingerprint density at radius 2 is 2.27 bits per heavy atom. The van der Waals surface area contributed by atoms with Crippen LogP contribution >= 0.6 is 11.8 Å². The second-order valence-electron chi connectivity index (χ2n) is 4.71. The Morgan fingerprint density at radius 3 is 2.87 bits per heavy atom. The molecule has 1 nitrogen and oxygen atoms in total. The molecule has 15 heavy (non-hydrogen) atoms. The molecular formula is C13H27NS. The van der Waals surface area contributed by atoms with Gasteiger partial charge in [-0.3, -0.25) is 0 Å². The number of nitrogens with one attached hydrogen (secondary N) is 1. The van der Waals surface area contributed by atoms with E-state index in [1.165, 1.54) is 57.4 Å². The lowest BCUT2D eigenvalue weighted by Gasteiger charge is -2.17. The van der Waals surface area contributed by atoms with Crippen molar-refractivity contribution in [3.05, 3.63) is 0 Å². The van der Waals surface area contributed by atoms with Crippen LogP contribution in [0.15, 0.2) is 0 Å². The summed E-state index contributed by atoms with van der Waals surface area (Å²) < 4.78 is 0. The maximum Gasteiger partial charge on any atom is 0.0172 e. The minimum atomic E-state index is 0.911. The van der Waals surface area contributed by atoms with Crippen LogP contribution in [0.2, 0.25) is 0 Å². The standard InChI is InChI=1S/C13H27NS/c1-3-5-7-12(4-2)10-14-11-13-8-6-9-15-13/h12-14H,3-11H2,1-2H3. The Kier molecular flexibility index (Phi) is 7.54. The van der Waals surface area contributed by atoms with Crippen molar-refractivity contribution in [2.75, 3.05) is 18.8 Å². The summed E-state index contributed by atoms with van der Waals surface area (Å²) in [5, 5.41) is 4.58. The van der Waals surface area contributed by atoms with Crippen LogP contribution in [0.25, 0.3) is 0 Å². The molecule has 0 aromatic heterocycles. The van der Waals surface area contributed by atoms with E-state index in [1.54, 1.807) is 0 Å². The van der Waals surface area contributed by atoms with E-state index in [0.717, 1.165) is 11.2 Å². The van der Waals surface area contributed by atoms with Gasteiger partial charge < -0.3 is 5.32 Å². The Balaban J connectivity index is 2.00. The highest BCUT2D eigenvalue weighted by Gasteiger charge is 2.15. The number of rotatable bonds is 8. The van der Waals surface area contributed by atoms with Crippen LogP contribution in [0.5, 0.6) is 0 Å². The Bertz CT molecular complexity index is 143. The highest BCUT2D eigenvalue weighted by Crippen LogP contribution is 2.25. The van der Waals surface area contributed by atoms with Gasteiger partial charge in [-0.2, -0.15) is 11.8 Å². The zero-order chi connectivity index (χ0) is 10.9. The van der Waals surface area contributed by atoms with Crippen molar-refractivity contribution in [1.29, 1.82) is 0 Å². The molecule has 0 aliphatic carbocycles. The van der Waals surface area contributed by atoms with E-state index >= 15 is 0 Å². The summed E-state index contributed by atoms with van der Waals surface area (Å²) in [6, 6.07) is 0. The molecule has 90 valence electrons. The van der Waals surface area contributed by atoms with Gasteiger partial charge >= 0.3 is 0 Å². The molecule has 1 heterocycles. The van der Waals surface area contributed by atoms with E-state index in [2.05, 4.69) is 30.9 Å². The SMILES string of the molecule is CCCCC(CC)CNCC1CCCS1. The zero-order valence-electron chi connectivity index (χ0n) is 10.4. The third-order valence-corrected chi connectivity index (χ3v) is 4.77. The van der Waals surface area contributed by atoms with Crippen LogP contribution < -0.4 is 5.32 Å². The zero-order valence-corrected chi connectivity index (χ0v) is 11.2. The van der Waals surface area contributed by atoms with Crippen molar-refractivity contribution >= 4 is 11.8 Å². The molecule has 0 aromatic carbocycles. The average Bonchev–Trinajstić information content (AvgIpc) is 2.76. The molecule has 0 aromatic rings. The van der Waals surface area contributed by atoms with Crippen molar-refractivity contribution in [2.45, 2.75) is 57.6 Å². The van der Waals surface area contributed by atoms with Gasteiger partial charge in [0.1, 0.15) is 0 Å². The highest BCUT2D eigenvalue weighted by molar-refractivity contribution is 8.00. The van der Waals surface area contributed by atoms with Crippen LogP contribution in [0.4, 0.5) is 0 Å². The number of hydrogen-bond donors (Lipinski definition) is 1. The third-order valence-electron chi connectivity index (χ3n) is 3.37.